The Morgan fingerprint density at radius 2 is 2.10 bits per heavy atom. The van der Waals surface area contributed by atoms with E-state index in [1.54, 1.807) is 22.9 Å². The molecule has 0 saturated carbocycles. The fourth-order valence-electron chi connectivity index (χ4n) is 2.43. The Kier molecular flexibility index (Phi) is 3.79. The van der Waals surface area contributed by atoms with E-state index >= 15 is 0 Å². The SMILES string of the molecule is CCc1c(C)nn(-c2ccc(N)cc2C(=O)OC)c1C. The summed E-state index contributed by atoms with van der Waals surface area (Å²) in [5.74, 6) is -0.419. The number of anilines is 1. The summed E-state index contributed by atoms with van der Waals surface area (Å²) in [6, 6.07) is 5.16. The Morgan fingerprint density at radius 3 is 2.65 bits per heavy atom. The van der Waals surface area contributed by atoms with E-state index in [4.69, 9.17) is 10.5 Å². The molecule has 5 nitrogen and oxygen atoms in total. The minimum Gasteiger partial charge on any atom is -0.465 e. The zero-order valence-electron chi connectivity index (χ0n) is 12.2. The Hall–Kier alpha value is -2.30. The van der Waals surface area contributed by atoms with Gasteiger partial charge in [-0.05, 0) is 44.0 Å². The zero-order chi connectivity index (χ0) is 14.9. The number of esters is 1. The van der Waals surface area contributed by atoms with Crippen LogP contribution in [0.2, 0.25) is 0 Å². The largest absolute Gasteiger partial charge is 0.465 e. The lowest BCUT2D eigenvalue weighted by Crippen LogP contribution is -2.10. The third-order valence-electron chi connectivity index (χ3n) is 3.45. The average Bonchev–Trinajstić information content (AvgIpc) is 2.72. The van der Waals surface area contributed by atoms with Gasteiger partial charge in [-0.3, -0.25) is 0 Å². The second-order valence-corrected chi connectivity index (χ2v) is 4.68. The van der Waals surface area contributed by atoms with Gasteiger partial charge in [-0.2, -0.15) is 5.10 Å². The molecular formula is C15H19N3O2. The Labute approximate surface area is 118 Å². The van der Waals surface area contributed by atoms with E-state index in [1.807, 2.05) is 13.8 Å². The molecule has 106 valence electrons. The number of nitrogens with zero attached hydrogens (tertiary/aromatic N) is 2. The molecular weight excluding hydrogens is 254 g/mol. The van der Waals surface area contributed by atoms with Crippen LogP contribution in [0.3, 0.4) is 0 Å². The van der Waals surface area contributed by atoms with Crippen LogP contribution in [0.15, 0.2) is 18.2 Å². The standard InChI is InChI=1S/C15H19N3O2/c1-5-12-9(2)17-18(10(12)3)14-7-6-11(16)8-13(14)15(19)20-4/h6-8H,5,16H2,1-4H3. The van der Waals surface area contributed by atoms with Crippen molar-refractivity contribution in [3.05, 3.63) is 40.7 Å². The van der Waals surface area contributed by atoms with Gasteiger partial charge in [0.25, 0.3) is 0 Å². The lowest BCUT2D eigenvalue weighted by molar-refractivity contribution is 0.0600. The van der Waals surface area contributed by atoms with Crippen molar-refractivity contribution in [1.29, 1.82) is 0 Å². The van der Waals surface area contributed by atoms with Crippen LogP contribution in [-0.4, -0.2) is 22.9 Å². The van der Waals surface area contributed by atoms with Crippen LogP contribution in [0.25, 0.3) is 5.69 Å². The lowest BCUT2D eigenvalue weighted by atomic mass is 10.1. The van der Waals surface area contributed by atoms with Gasteiger partial charge < -0.3 is 10.5 Å². The summed E-state index contributed by atoms with van der Waals surface area (Å²) in [4.78, 5) is 11.9. The second kappa shape index (κ2) is 5.36. The predicted molar refractivity (Wildman–Crippen MR) is 78.2 cm³/mol. The molecule has 0 aliphatic carbocycles. The van der Waals surface area contributed by atoms with Crippen molar-refractivity contribution in [2.24, 2.45) is 0 Å². The van der Waals surface area contributed by atoms with E-state index in [2.05, 4.69) is 12.0 Å². The minimum absolute atomic E-state index is 0.417. The number of aryl methyl sites for hydroxylation is 1. The van der Waals surface area contributed by atoms with Gasteiger partial charge in [0, 0.05) is 11.4 Å². The molecule has 1 heterocycles. The first kappa shape index (κ1) is 14.1. The molecule has 1 aromatic heterocycles. The Morgan fingerprint density at radius 1 is 1.40 bits per heavy atom. The number of hydrogen-bond donors (Lipinski definition) is 1. The van der Waals surface area contributed by atoms with Crippen molar-refractivity contribution in [2.75, 3.05) is 12.8 Å². The highest BCUT2D eigenvalue weighted by Crippen LogP contribution is 2.23. The first-order valence-electron chi connectivity index (χ1n) is 6.52. The molecule has 20 heavy (non-hydrogen) atoms. The van der Waals surface area contributed by atoms with Crippen LogP contribution >= 0.6 is 0 Å². The predicted octanol–water partition coefficient (Wildman–Crippen LogP) is 2.42. The van der Waals surface area contributed by atoms with Gasteiger partial charge >= 0.3 is 5.97 Å². The van der Waals surface area contributed by atoms with E-state index < -0.39 is 5.97 Å². The maximum atomic E-state index is 11.9. The van der Waals surface area contributed by atoms with Crippen molar-refractivity contribution in [2.45, 2.75) is 27.2 Å². The molecule has 0 amide bonds. The highest BCUT2D eigenvalue weighted by molar-refractivity contribution is 5.94. The number of rotatable bonds is 3. The number of methoxy groups -OCH3 is 1. The number of ether oxygens (including phenoxy) is 1. The Bertz CT molecular complexity index is 659. The van der Waals surface area contributed by atoms with E-state index in [0.717, 1.165) is 17.8 Å². The molecule has 0 spiro atoms. The number of nitrogens with two attached hydrogens (primary N) is 1. The maximum absolute atomic E-state index is 11.9. The summed E-state index contributed by atoms with van der Waals surface area (Å²) in [7, 11) is 1.36. The number of hydrogen-bond acceptors (Lipinski definition) is 4. The smallest absolute Gasteiger partial charge is 0.340 e. The van der Waals surface area contributed by atoms with Crippen LogP contribution in [-0.2, 0) is 11.2 Å². The molecule has 2 N–H and O–H groups in total. The average molecular weight is 273 g/mol. The quantitative estimate of drug-likeness (QED) is 0.688. The maximum Gasteiger partial charge on any atom is 0.340 e. The highest BCUT2D eigenvalue weighted by atomic mass is 16.5. The van der Waals surface area contributed by atoms with Gasteiger partial charge in [-0.15, -0.1) is 0 Å². The summed E-state index contributed by atoms with van der Waals surface area (Å²) in [6.45, 7) is 6.05. The van der Waals surface area contributed by atoms with Crippen LogP contribution in [0.4, 0.5) is 5.69 Å². The van der Waals surface area contributed by atoms with Crippen LogP contribution < -0.4 is 5.73 Å². The summed E-state index contributed by atoms with van der Waals surface area (Å²) in [5.41, 5.74) is 10.6. The zero-order valence-corrected chi connectivity index (χ0v) is 12.2. The van der Waals surface area contributed by atoms with Crippen molar-refractivity contribution in [3.8, 4) is 5.69 Å². The molecule has 5 heteroatoms. The minimum atomic E-state index is -0.419. The number of benzene rings is 1. The van der Waals surface area contributed by atoms with Gasteiger partial charge in [0.1, 0.15) is 0 Å². The molecule has 2 aromatic rings. The van der Waals surface area contributed by atoms with Crippen molar-refractivity contribution >= 4 is 11.7 Å². The topological polar surface area (TPSA) is 70.1 Å². The molecule has 0 fully saturated rings. The van der Waals surface area contributed by atoms with E-state index in [0.29, 0.717) is 16.9 Å². The van der Waals surface area contributed by atoms with Crippen LogP contribution in [0, 0.1) is 13.8 Å². The monoisotopic (exact) mass is 273 g/mol. The normalized spacial score (nSPS) is 10.6. The van der Waals surface area contributed by atoms with E-state index in [-0.39, 0.29) is 0 Å². The van der Waals surface area contributed by atoms with Crippen LogP contribution in [0.1, 0.15) is 34.2 Å². The molecule has 0 atom stereocenters. The number of carbonyl (C=O) groups excluding carboxylic acids is 1. The third-order valence-corrected chi connectivity index (χ3v) is 3.45. The fraction of sp³-hybridized carbons (Fsp3) is 0.333. The summed E-state index contributed by atoms with van der Waals surface area (Å²) in [5, 5.41) is 4.53. The molecule has 0 aliphatic rings. The molecule has 0 bridgehead atoms. The highest BCUT2D eigenvalue weighted by Gasteiger charge is 2.18. The van der Waals surface area contributed by atoms with Gasteiger partial charge in [0.05, 0.1) is 24.1 Å². The summed E-state index contributed by atoms with van der Waals surface area (Å²) in [6.07, 6.45) is 0.903. The number of aromatic nitrogens is 2. The fourth-order valence-corrected chi connectivity index (χ4v) is 2.43. The van der Waals surface area contributed by atoms with Crippen molar-refractivity contribution < 1.29 is 9.53 Å². The van der Waals surface area contributed by atoms with Gasteiger partial charge in [-0.25, -0.2) is 9.48 Å². The van der Waals surface area contributed by atoms with Gasteiger partial charge in [-0.1, -0.05) is 6.92 Å². The molecule has 0 aliphatic heterocycles. The Balaban J connectivity index is 2.67. The van der Waals surface area contributed by atoms with Crippen LogP contribution in [0.5, 0.6) is 0 Å². The third kappa shape index (κ3) is 2.27. The number of carbonyl (C=O) groups is 1. The molecule has 0 saturated heterocycles. The lowest BCUT2D eigenvalue weighted by Gasteiger charge is -2.11. The van der Waals surface area contributed by atoms with Crippen molar-refractivity contribution in [3.63, 3.8) is 0 Å². The van der Waals surface area contributed by atoms with E-state index in [9.17, 15) is 4.79 Å². The first-order chi connectivity index (χ1) is 9.49. The summed E-state index contributed by atoms with van der Waals surface area (Å²) < 4.78 is 6.60. The molecule has 1 aromatic carbocycles. The molecule has 0 radical (unpaired) electrons. The molecule has 2 rings (SSSR count). The molecule has 0 unspecified atom stereocenters. The number of nitrogen functional groups attached to an aromatic ring is 1. The summed E-state index contributed by atoms with van der Waals surface area (Å²) >= 11 is 0. The second-order valence-electron chi connectivity index (χ2n) is 4.68. The van der Waals surface area contributed by atoms with E-state index in [1.165, 1.54) is 12.7 Å². The first-order valence-corrected chi connectivity index (χ1v) is 6.52. The van der Waals surface area contributed by atoms with Gasteiger partial charge in [0.15, 0.2) is 0 Å². The van der Waals surface area contributed by atoms with Gasteiger partial charge in [0.2, 0.25) is 0 Å². The van der Waals surface area contributed by atoms with Crippen molar-refractivity contribution in [1.82, 2.24) is 9.78 Å².